The van der Waals surface area contributed by atoms with Gasteiger partial charge in [-0.25, -0.2) is 0 Å². The number of carbonyl (C=O) groups excluding carboxylic acids is 1. The summed E-state index contributed by atoms with van der Waals surface area (Å²) in [6.07, 6.45) is 0. The van der Waals surface area contributed by atoms with Gasteiger partial charge >= 0.3 is 5.82 Å². The molecule has 108 valence electrons. The molecule has 0 atom stereocenters. The maximum atomic E-state index is 12.0. The Kier molecular flexibility index (Phi) is 4.20. The lowest BCUT2D eigenvalue weighted by molar-refractivity contribution is -0.390. The van der Waals surface area contributed by atoms with Crippen molar-refractivity contribution in [2.45, 2.75) is 0 Å². The van der Waals surface area contributed by atoms with Crippen molar-refractivity contribution in [2.75, 3.05) is 5.32 Å². The van der Waals surface area contributed by atoms with Crippen molar-refractivity contribution in [1.82, 2.24) is 10.2 Å². The van der Waals surface area contributed by atoms with Crippen molar-refractivity contribution in [3.63, 3.8) is 0 Å². The number of phenolic OH excluding ortho intramolecular Hbond substituents is 1. The molecule has 1 heterocycles. The molecule has 2 rings (SSSR count). The minimum absolute atomic E-state index is 0.0984. The van der Waals surface area contributed by atoms with Gasteiger partial charge in [0.1, 0.15) is 5.75 Å². The Morgan fingerprint density at radius 1 is 1.29 bits per heavy atom. The van der Waals surface area contributed by atoms with Crippen molar-refractivity contribution >= 4 is 40.7 Å². The molecule has 0 spiro atoms. The molecule has 1 aromatic heterocycles. The number of carbonyl (C=O) groups is 1. The van der Waals surface area contributed by atoms with E-state index >= 15 is 0 Å². The third-order valence-electron chi connectivity index (χ3n) is 2.36. The zero-order valence-electron chi connectivity index (χ0n) is 10.1. The monoisotopic (exact) mass is 328 g/mol. The average Bonchev–Trinajstić information content (AvgIpc) is 2.43. The number of anilines is 1. The first kappa shape index (κ1) is 14.9. The predicted molar refractivity (Wildman–Crippen MR) is 74.8 cm³/mol. The van der Waals surface area contributed by atoms with Gasteiger partial charge in [-0.3, -0.25) is 4.79 Å². The van der Waals surface area contributed by atoms with E-state index in [2.05, 4.69) is 15.5 Å². The SMILES string of the molecule is O=C(Nc1nnc([N+](=O)[O-])cc1Cl)c1cc(Cl)ccc1O. The van der Waals surface area contributed by atoms with Gasteiger partial charge in [-0.1, -0.05) is 23.2 Å². The molecule has 2 aromatic rings. The van der Waals surface area contributed by atoms with Crippen molar-refractivity contribution in [3.05, 3.63) is 50.0 Å². The maximum absolute atomic E-state index is 12.0. The summed E-state index contributed by atoms with van der Waals surface area (Å²) in [5, 5.41) is 29.2. The zero-order chi connectivity index (χ0) is 15.6. The van der Waals surface area contributed by atoms with Crippen LogP contribution in [0.2, 0.25) is 10.0 Å². The summed E-state index contributed by atoms with van der Waals surface area (Å²) in [5.74, 6) is -1.75. The molecule has 10 heteroatoms. The van der Waals surface area contributed by atoms with E-state index in [9.17, 15) is 20.0 Å². The molecular formula is C11H6Cl2N4O4. The normalized spacial score (nSPS) is 10.2. The fraction of sp³-hybridized carbons (Fsp3) is 0. The van der Waals surface area contributed by atoms with Crippen LogP contribution >= 0.6 is 23.2 Å². The van der Waals surface area contributed by atoms with Crippen LogP contribution in [0.1, 0.15) is 10.4 Å². The number of benzene rings is 1. The number of hydrogen-bond donors (Lipinski definition) is 2. The smallest absolute Gasteiger partial charge is 0.392 e. The van der Waals surface area contributed by atoms with Gasteiger partial charge in [0.2, 0.25) is 0 Å². The van der Waals surface area contributed by atoms with Crippen LogP contribution in [0.15, 0.2) is 24.3 Å². The molecule has 2 N–H and O–H groups in total. The molecule has 0 unspecified atom stereocenters. The average molecular weight is 329 g/mol. The van der Waals surface area contributed by atoms with E-state index in [4.69, 9.17) is 23.2 Å². The van der Waals surface area contributed by atoms with Crippen LogP contribution < -0.4 is 5.32 Å². The minimum atomic E-state index is -0.771. The second-order valence-corrected chi connectivity index (χ2v) is 4.62. The quantitative estimate of drug-likeness (QED) is 0.660. The molecule has 8 nitrogen and oxygen atoms in total. The first-order valence-electron chi connectivity index (χ1n) is 5.36. The molecule has 0 aliphatic heterocycles. The number of aromatic hydroxyl groups is 1. The van der Waals surface area contributed by atoms with Gasteiger partial charge in [0.15, 0.2) is 5.82 Å². The maximum Gasteiger partial charge on any atom is 0.392 e. The van der Waals surface area contributed by atoms with Crippen molar-refractivity contribution < 1.29 is 14.8 Å². The van der Waals surface area contributed by atoms with Crippen LogP contribution in [0.3, 0.4) is 0 Å². The first-order chi connectivity index (χ1) is 9.88. The molecular weight excluding hydrogens is 323 g/mol. The second-order valence-electron chi connectivity index (χ2n) is 3.77. The standard InChI is InChI=1S/C11H6Cl2N4O4/c12-5-1-2-8(18)6(3-5)11(19)14-10-7(13)4-9(15-16-10)17(20)21/h1-4,18H,(H,14,16,19). The minimum Gasteiger partial charge on any atom is -0.507 e. The molecule has 0 saturated heterocycles. The van der Waals surface area contributed by atoms with E-state index in [-0.39, 0.29) is 27.2 Å². The third kappa shape index (κ3) is 3.36. The van der Waals surface area contributed by atoms with Crippen LogP contribution in [0.5, 0.6) is 5.75 Å². The predicted octanol–water partition coefficient (Wildman–Crippen LogP) is 2.65. The second kappa shape index (κ2) is 5.90. The summed E-state index contributed by atoms with van der Waals surface area (Å²) in [7, 11) is 0. The Labute approximate surface area is 127 Å². The largest absolute Gasteiger partial charge is 0.507 e. The topological polar surface area (TPSA) is 118 Å². The highest BCUT2D eigenvalue weighted by molar-refractivity contribution is 6.34. The van der Waals surface area contributed by atoms with Crippen LogP contribution in [-0.4, -0.2) is 26.1 Å². The van der Waals surface area contributed by atoms with Gasteiger partial charge in [0, 0.05) is 5.02 Å². The molecule has 0 aliphatic carbocycles. The molecule has 0 bridgehead atoms. The van der Waals surface area contributed by atoms with E-state index < -0.39 is 16.6 Å². The van der Waals surface area contributed by atoms with E-state index in [1.807, 2.05) is 0 Å². The summed E-state index contributed by atoms with van der Waals surface area (Å²) in [5.41, 5.74) is -0.0984. The van der Waals surface area contributed by atoms with E-state index in [1.165, 1.54) is 18.2 Å². The molecule has 0 fully saturated rings. The molecule has 0 radical (unpaired) electrons. The van der Waals surface area contributed by atoms with Crippen molar-refractivity contribution in [1.29, 1.82) is 0 Å². The number of hydrogen-bond acceptors (Lipinski definition) is 6. The van der Waals surface area contributed by atoms with Crippen LogP contribution in [0, 0.1) is 10.1 Å². The number of halogens is 2. The zero-order valence-corrected chi connectivity index (χ0v) is 11.6. The summed E-state index contributed by atoms with van der Waals surface area (Å²) in [4.78, 5) is 21.7. The highest BCUT2D eigenvalue weighted by Gasteiger charge is 2.18. The van der Waals surface area contributed by atoms with Crippen LogP contribution in [0.25, 0.3) is 0 Å². The van der Waals surface area contributed by atoms with Gasteiger partial charge in [-0.05, 0) is 28.2 Å². The molecule has 1 amide bonds. The first-order valence-corrected chi connectivity index (χ1v) is 6.11. The summed E-state index contributed by atoms with van der Waals surface area (Å²) < 4.78 is 0. The Hall–Kier alpha value is -2.45. The summed E-state index contributed by atoms with van der Waals surface area (Å²) >= 11 is 11.5. The number of aromatic nitrogens is 2. The number of nitro groups is 1. The number of nitrogens with one attached hydrogen (secondary N) is 1. The Morgan fingerprint density at radius 2 is 2.00 bits per heavy atom. The third-order valence-corrected chi connectivity index (χ3v) is 2.88. The van der Waals surface area contributed by atoms with Gasteiger partial charge in [-0.15, -0.1) is 0 Å². The van der Waals surface area contributed by atoms with Crippen molar-refractivity contribution in [3.8, 4) is 5.75 Å². The number of rotatable bonds is 3. The number of nitrogens with zero attached hydrogens (tertiary/aromatic N) is 3. The van der Waals surface area contributed by atoms with E-state index in [1.54, 1.807) is 0 Å². The van der Waals surface area contributed by atoms with Crippen LogP contribution in [-0.2, 0) is 0 Å². The molecule has 1 aromatic carbocycles. The fourth-order valence-electron chi connectivity index (χ4n) is 1.40. The Bertz CT molecular complexity index is 738. The van der Waals surface area contributed by atoms with Crippen LogP contribution in [0.4, 0.5) is 11.6 Å². The van der Waals surface area contributed by atoms with E-state index in [0.29, 0.717) is 0 Å². The highest BCUT2D eigenvalue weighted by Crippen LogP contribution is 2.25. The lowest BCUT2D eigenvalue weighted by Gasteiger charge is -2.06. The number of amides is 1. The van der Waals surface area contributed by atoms with Gasteiger partial charge in [-0.2, -0.15) is 0 Å². The highest BCUT2D eigenvalue weighted by atomic mass is 35.5. The lowest BCUT2D eigenvalue weighted by Crippen LogP contribution is -2.14. The molecule has 21 heavy (non-hydrogen) atoms. The lowest BCUT2D eigenvalue weighted by atomic mass is 10.2. The van der Waals surface area contributed by atoms with Gasteiger partial charge in [0.25, 0.3) is 5.91 Å². The van der Waals surface area contributed by atoms with E-state index in [0.717, 1.165) is 6.07 Å². The van der Waals surface area contributed by atoms with Gasteiger partial charge in [0.05, 0.1) is 21.8 Å². The van der Waals surface area contributed by atoms with Gasteiger partial charge < -0.3 is 20.5 Å². The summed E-state index contributed by atoms with van der Waals surface area (Å²) in [6, 6.07) is 4.85. The van der Waals surface area contributed by atoms with Crippen molar-refractivity contribution in [2.24, 2.45) is 0 Å². The summed E-state index contributed by atoms with van der Waals surface area (Å²) in [6.45, 7) is 0. The molecule has 0 saturated carbocycles. The molecule has 0 aliphatic rings. The Morgan fingerprint density at radius 3 is 2.62 bits per heavy atom. The number of phenols is 1. The fourth-order valence-corrected chi connectivity index (χ4v) is 1.75. The Balaban J connectivity index is 2.27.